The van der Waals surface area contributed by atoms with Gasteiger partial charge in [-0.05, 0) is 12.3 Å². The van der Waals surface area contributed by atoms with E-state index in [9.17, 15) is 22.8 Å². The molecule has 2 atom stereocenters. The van der Waals surface area contributed by atoms with Crippen LogP contribution in [0.5, 0.6) is 0 Å². The Morgan fingerprint density at radius 2 is 2.00 bits per heavy atom. The van der Waals surface area contributed by atoms with Crippen molar-refractivity contribution in [2.45, 2.75) is 45.7 Å². The highest BCUT2D eigenvalue weighted by Gasteiger charge is 2.64. The number of aliphatic carboxylic acids is 1. The number of halogens is 3. The van der Waals surface area contributed by atoms with Gasteiger partial charge in [-0.2, -0.15) is 13.2 Å². The SMILES string of the molecule is CCCC(C)CC(=O)N1CCC(C(=O)O)(C(F)(F)F)C1. The summed E-state index contributed by atoms with van der Waals surface area (Å²) in [6, 6.07) is 0. The van der Waals surface area contributed by atoms with Gasteiger partial charge in [-0.1, -0.05) is 26.7 Å². The van der Waals surface area contributed by atoms with Gasteiger partial charge < -0.3 is 10.0 Å². The summed E-state index contributed by atoms with van der Waals surface area (Å²) in [5.74, 6) is -2.20. The van der Waals surface area contributed by atoms with Crippen molar-refractivity contribution in [3.05, 3.63) is 0 Å². The maximum absolute atomic E-state index is 13.0. The average Bonchev–Trinajstić information content (AvgIpc) is 2.74. The molecule has 20 heavy (non-hydrogen) atoms. The van der Waals surface area contributed by atoms with Gasteiger partial charge in [0.25, 0.3) is 0 Å². The van der Waals surface area contributed by atoms with Gasteiger partial charge in [-0.15, -0.1) is 0 Å². The van der Waals surface area contributed by atoms with Crippen LogP contribution in [0.25, 0.3) is 0 Å². The molecule has 7 heteroatoms. The smallest absolute Gasteiger partial charge is 0.406 e. The zero-order chi connectivity index (χ0) is 15.6. The predicted molar refractivity (Wildman–Crippen MR) is 66.0 cm³/mol. The van der Waals surface area contributed by atoms with Crippen LogP contribution < -0.4 is 0 Å². The first-order valence-electron chi connectivity index (χ1n) is 6.72. The summed E-state index contributed by atoms with van der Waals surface area (Å²) in [4.78, 5) is 24.0. The third-order valence-corrected chi connectivity index (χ3v) is 3.88. The minimum atomic E-state index is -4.84. The lowest BCUT2D eigenvalue weighted by molar-refractivity contribution is -0.227. The first kappa shape index (κ1) is 16.8. The molecule has 1 aliphatic rings. The Balaban J connectivity index is 2.75. The van der Waals surface area contributed by atoms with Crippen LogP contribution in [0.2, 0.25) is 0 Å². The number of alkyl halides is 3. The maximum Gasteiger partial charge on any atom is 0.406 e. The van der Waals surface area contributed by atoms with E-state index in [1.54, 1.807) is 0 Å². The first-order chi connectivity index (χ1) is 9.14. The van der Waals surface area contributed by atoms with E-state index in [-0.39, 0.29) is 18.9 Å². The molecule has 0 saturated carbocycles. The average molecular weight is 295 g/mol. The molecule has 0 spiro atoms. The molecule has 0 aromatic heterocycles. The monoisotopic (exact) mass is 295 g/mol. The topological polar surface area (TPSA) is 57.6 Å². The van der Waals surface area contributed by atoms with Crippen molar-refractivity contribution < 1.29 is 27.9 Å². The van der Waals surface area contributed by atoms with Crippen LogP contribution in [0.3, 0.4) is 0 Å². The summed E-state index contributed by atoms with van der Waals surface area (Å²) >= 11 is 0. The Morgan fingerprint density at radius 1 is 1.40 bits per heavy atom. The Bertz CT molecular complexity index is 384. The van der Waals surface area contributed by atoms with Crippen LogP contribution in [0.1, 0.15) is 39.5 Å². The molecule has 0 bridgehead atoms. The molecule has 0 radical (unpaired) electrons. The van der Waals surface area contributed by atoms with E-state index >= 15 is 0 Å². The summed E-state index contributed by atoms with van der Waals surface area (Å²) in [7, 11) is 0. The summed E-state index contributed by atoms with van der Waals surface area (Å²) < 4.78 is 38.9. The van der Waals surface area contributed by atoms with Gasteiger partial charge in [0.05, 0.1) is 0 Å². The van der Waals surface area contributed by atoms with Crippen LogP contribution in [-0.4, -0.2) is 41.1 Å². The van der Waals surface area contributed by atoms with Gasteiger partial charge in [0.15, 0.2) is 5.41 Å². The summed E-state index contributed by atoms with van der Waals surface area (Å²) in [5.41, 5.74) is -2.81. The van der Waals surface area contributed by atoms with Crippen molar-refractivity contribution >= 4 is 11.9 Å². The standard InChI is InChI=1S/C13H20F3NO3/c1-3-4-9(2)7-10(18)17-6-5-12(8-17,11(19)20)13(14,15)16/h9H,3-8H2,1-2H3,(H,19,20). The lowest BCUT2D eigenvalue weighted by Gasteiger charge is -2.27. The van der Waals surface area contributed by atoms with Gasteiger partial charge in [-0.25, -0.2) is 0 Å². The van der Waals surface area contributed by atoms with Crippen molar-refractivity contribution in [2.24, 2.45) is 11.3 Å². The molecule has 1 rings (SSSR count). The fraction of sp³-hybridized carbons (Fsp3) is 0.846. The third kappa shape index (κ3) is 3.24. The highest BCUT2D eigenvalue weighted by molar-refractivity contribution is 5.81. The summed E-state index contributed by atoms with van der Waals surface area (Å²) in [6.07, 6.45) is -3.52. The van der Waals surface area contributed by atoms with Crippen molar-refractivity contribution in [1.82, 2.24) is 4.90 Å². The lowest BCUT2D eigenvalue weighted by Crippen LogP contribution is -2.47. The predicted octanol–water partition coefficient (Wildman–Crippen LogP) is 2.68. The van der Waals surface area contributed by atoms with Gasteiger partial charge >= 0.3 is 12.1 Å². The number of hydrogen-bond donors (Lipinski definition) is 1. The normalized spacial score (nSPS) is 24.8. The molecule has 4 nitrogen and oxygen atoms in total. The molecule has 1 amide bonds. The number of carboxylic acid groups (broad SMARTS) is 1. The molecule has 116 valence electrons. The third-order valence-electron chi connectivity index (χ3n) is 3.88. The van der Waals surface area contributed by atoms with E-state index < -0.39 is 36.4 Å². The zero-order valence-corrected chi connectivity index (χ0v) is 11.7. The number of likely N-dealkylation sites (tertiary alicyclic amines) is 1. The quantitative estimate of drug-likeness (QED) is 0.848. The Labute approximate surface area is 115 Å². The molecule has 2 unspecified atom stereocenters. The van der Waals surface area contributed by atoms with Crippen molar-refractivity contribution in [2.75, 3.05) is 13.1 Å². The van der Waals surface area contributed by atoms with E-state index in [0.29, 0.717) is 0 Å². The highest BCUT2D eigenvalue weighted by atomic mass is 19.4. The van der Waals surface area contributed by atoms with Crippen molar-refractivity contribution in [3.8, 4) is 0 Å². The Hall–Kier alpha value is -1.27. The first-order valence-corrected chi connectivity index (χ1v) is 6.72. The van der Waals surface area contributed by atoms with E-state index in [1.165, 1.54) is 0 Å². The van der Waals surface area contributed by atoms with E-state index in [0.717, 1.165) is 17.7 Å². The molecule has 1 fully saturated rings. The molecule has 0 aromatic rings. The number of carbonyl (C=O) groups is 2. The van der Waals surface area contributed by atoms with E-state index in [1.807, 2.05) is 13.8 Å². The van der Waals surface area contributed by atoms with Gasteiger partial charge in [-0.3, -0.25) is 9.59 Å². The number of amides is 1. The molecular weight excluding hydrogens is 275 g/mol. The maximum atomic E-state index is 13.0. The molecule has 1 saturated heterocycles. The molecular formula is C13H20F3NO3. The summed E-state index contributed by atoms with van der Waals surface area (Å²) in [6.45, 7) is 2.91. The van der Waals surface area contributed by atoms with Gasteiger partial charge in [0.1, 0.15) is 0 Å². The number of carboxylic acids is 1. The lowest BCUT2D eigenvalue weighted by atomic mass is 9.86. The van der Waals surface area contributed by atoms with E-state index in [4.69, 9.17) is 5.11 Å². The fourth-order valence-corrected chi connectivity index (χ4v) is 2.57. The number of carbonyl (C=O) groups excluding carboxylic acids is 1. The molecule has 0 aromatic carbocycles. The van der Waals surface area contributed by atoms with Gasteiger partial charge in [0, 0.05) is 19.5 Å². The van der Waals surface area contributed by atoms with Crippen molar-refractivity contribution in [1.29, 1.82) is 0 Å². The minimum Gasteiger partial charge on any atom is -0.481 e. The van der Waals surface area contributed by atoms with Crippen LogP contribution in [-0.2, 0) is 9.59 Å². The largest absolute Gasteiger partial charge is 0.481 e. The molecule has 1 aliphatic heterocycles. The highest BCUT2D eigenvalue weighted by Crippen LogP contribution is 2.45. The minimum absolute atomic E-state index is 0.0956. The van der Waals surface area contributed by atoms with Crippen molar-refractivity contribution in [3.63, 3.8) is 0 Å². The number of hydrogen-bond acceptors (Lipinski definition) is 2. The number of rotatable bonds is 5. The number of nitrogens with zero attached hydrogens (tertiary/aromatic N) is 1. The van der Waals surface area contributed by atoms with Crippen LogP contribution >= 0.6 is 0 Å². The Morgan fingerprint density at radius 3 is 2.40 bits per heavy atom. The fourth-order valence-electron chi connectivity index (χ4n) is 2.57. The molecule has 1 heterocycles. The van der Waals surface area contributed by atoms with Gasteiger partial charge in [0.2, 0.25) is 5.91 Å². The van der Waals surface area contributed by atoms with Crippen LogP contribution in [0.4, 0.5) is 13.2 Å². The van der Waals surface area contributed by atoms with Crippen LogP contribution in [0.15, 0.2) is 0 Å². The Kier molecular flexibility index (Phi) is 5.05. The molecule has 1 N–H and O–H groups in total. The second-order valence-electron chi connectivity index (χ2n) is 5.55. The second kappa shape index (κ2) is 6.01. The van der Waals surface area contributed by atoms with E-state index in [2.05, 4.69) is 0 Å². The van der Waals surface area contributed by atoms with Crippen LogP contribution in [0, 0.1) is 11.3 Å². The zero-order valence-electron chi connectivity index (χ0n) is 11.7. The summed E-state index contributed by atoms with van der Waals surface area (Å²) in [5, 5.41) is 8.91. The second-order valence-corrected chi connectivity index (χ2v) is 5.55. The molecule has 0 aliphatic carbocycles.